The Morgan fingerprint density at radius 1 is 1.17 bits per heavy atom. The number of benzene rings is 2. The van der Waals surface area contributed by atoms with Crippen LogP contribution in [0.25, 0.3) is 17.0 Å². The zero-order chi connectivity index (χ0) is 25.6. The molecule has 0 bridgehead atoms. The molecule has 2 aromatic carbocycles. The molecule has 188 valence electrons. The lowest BCUT2D eigenvalue weighted by Gasteiger charge is -2.31. The van der Waals surface area contributed by atoms with E-state index in [-0.39, 0.29) is 40.4 Å². The molecule has 2 aliphatic rings. The van der Waals surface area contributed by atoms with Gasteiger partial charge in [0.05, 0.1) is 28.7 Å². The zero-order valence-electron chi connectivity index (χ0n) is 19.0. The number of carbonyl (C=O) groups excluding carboxylic acids is 2. The number of halogens is 4. The summed E-state index contributed by atoms with van der Waals surface area (Å²) in [5, 5.41) is 4.69. The van der Waals surface area contributed by atoms with Crippen molar-refractivity contribution < 1.29 is 22.8 Å². The van der Waals surface area contributed by atoms with Crippen molar-refractivity contribution in [3.63, 3.8) is 0 Å². The van der Waals surface area contributed by atoms with Crippen LogP contribution in [-0.4, -0.2) is 37.9 Å². The molecule has 1 saturated carbocycles. The Labute approximate surface area is 214 Å². The van der Waals surface area contributed by atoms with E-state index in [9.17, 15) is 22.8 Å². The molecule has 2 N–H and O–H groups in total. The van der Waals surface area contributed by atoms with Crippen LogP contribution in [-0.2, 0) is 17.5 Å². The van der Waals surface area contributed by atoms with E-state index in [1.807, 2.05) is 0 Å². The van der Waals surface area contributed by atoms with Crippen LogP contribution in [0.4, 0.5) is 18.0 Å². The minimum Gasteiger partial charge on any atom is -0.328 e. The number of hydrogen-bond donors (Lipinski definition) is 1. The average molecular weight is 535 g/mol. The van der Waals surface area contributed by atoms with E-state index in [0.29, 0.717) is 27.8 Å². The zero-order valence-corrected chi connectivity index (χ0v) is 20.5. The van der Waals surface area contributed by atoms with Crippen LogP contribution in [0, 0.1) is 0 Å². The van der Waals surface area contributed by atoms with Gasteiger partial charge in [0.2, 0.25) is 0 Å². The first-order valence-electron chi connectivity index (χ1n) is 11.4. The molecule has 2 fully saturated rings. The quantitative estimate of drug-likeness (QED) is 0.411. The standard InChI is InChI=1S/C25H22ClF3N4O2S/c26-17-6-5-15(20(10-17)25(27,28)29)13-32-21-7-4-14(8-16(21)12-31-32)9-22-23(34)33(24(35)36-22)19-3-1-2-18(30)11-19/h4-10,12,18-19H,1-3,11,13,30H2/b22-9-. The normalized spacial score (nSPS) is 22.2. The number of imide groups is 1. The van der Waals surface area contributed by atoms with Crippen molar-refractivity contribution in [1.29, 1.82) is 0 Å². The average Bonchev–Trinajstić information content (AvgIpc) is 3.33. The summed E-state index contributed by atoms with van der Waals surface area (Å²) < 4.78 is 41.9. The summed E-state index contributed by atoms with van der Waals surface area (Å²) in [5.74, 6) is -0.317. The molecule has 1 aliphatic carbocycles. The molecule has 2 atom stereocenters. The van der Waals surface area contributed by atoms with Gasteiger partial charge in [-0.25, -0.2) is 0 Å². The maximum atomic E-state index is 13.5. The highest BCUT2D eigenvalue weighted by Gasteiger charge is 2.41. The summed E-state index contributed by atoms with van der Waals surface area (Å²) in [6.45, 7) is -0.0860. The first-order valence-corrected chi connectivity index (χ1v) is 12.6. The molecule has 36 heavy (non-hydrogen) atoms. The molecule has 1 aliphatic heterocycles. The van der Waals surface area contributed by atoms with Crippen molar-refractivity contribution in [1.82, 2.24) is 14.7 Å². The van der Waals surface area contributed by atoms with Gasteiger partial charge in [0, 0.05) is 22.5 Å². The molecule has 1 aromatic heterocycles. The summed E-state index contributed by atoms with van der Waals surface area (Å²) in [6, 6.07) is 8.76. The van der Waals surface area contributed by atoms with Gasteiger partial charge in [-0.15, -0.1) is 0 Å². The van der Waals surface area contributed by atoms with Crippen LogP contribution < -0.4 is 5.73 Å². The number of rotatable bonds is 4. The second kappa shape index (κ2) is 9.57. The molecule has 11 heteroatoms. The minimum absolute atomic E-state index is 0.0109. The van der Waals surface area contributed by atoms with Crippen molar-refractivity contribution in [3.05, 3.63) is 69.2 Å². The molecule has 6 nitrogen and oxygen atoms in total. The lowest BCUT2D eigenvalue weighted by molar-refractivity contribution is -0.138. The van der Waals surface area contributed by atoms with Crippen molar-refractivity contribution in [2.45, 2.75) is 50.5 Å². The van der Waals surface area contributed by atoms with Crippen LogP contribution in [0.15, 0.2) is 47.5 Å². The predicted octanol–water partition coefficient (Wildman–Crippen LogP) is 6.06. The number of alkyl halides is 3. The van der Waals surface area contributed by atoms with E-state index in [1.165, 1.54) is 21.7 Å². The Balaban J connectivity index is 1.39. The van der Waals surface area contributed by atoms with Crippen LogP contribution >= 0.6 is 23.4 Å². The third-order valence-corrected chi connectivity index (χ3v) is 7.66. The van der Waals surface area contributed by atoms with Crippen molar-refractivity contribution in [3.8, 4) is 0 Å². The van der Waals surface area contributed by atoms with Gasteiger partial charge in [-0.1, -0.05) is 23.7 Å². The van der Waals surface area contributed by atoms with Crippen molar-refractivity contribution in [2.75, 3.05) is 0 Å². The number of hydrogen-bond acceptors (Lipinski definition) is 5. The van der Waals surface area contributed by atoms with Crippen LogP contribution in [0.3, 0.4) is 0 Å². The van der Waals surface area contributed by atoms with Crippen molar-refractivity contribution >= 4 is 51.5 Å². The Morgan fingerprint density at radius 2 is 1.97 bits per heavy atom. The van der Waals surface area contributed by atoms with Gasteiger partial charge in [-0.2, -0.15) is 18.3 Å². The van der Waals surface area contributed by atoms with Gasteiger partial charge in [-0.05, 0) is 78.9 Å². The van der Waals surface area contributed by atoms with Gasteiger partial charge in [0.15, 0.2) is 0 Å². The second-order valence-corrected chi connectivity index (χ2v) is 10.5. The highest BCUT2D eigenvalue weighted by molar-refractivity contribution is 8.18. The fourth-order valence-corrected chi connectivity index (χ4v) is 5.89. The number of carbonyl (C=O) groups is 2. The molecule has 0 radical (unpaired) electrons. The number of thioether (sulfide) groups is 1. The summed E-state index contributed by atoms with van der Waals surface area (Å²) >= 11 is 6.69. The second-order valence-electron chi connectivity index (χ2n) is 9.05. The van der Waals surface area contributed by atoms with Crippen LogP contribution in [0.2, 0.25) is 5.02 Å². The lowest BCUT2D eigenvalue weighted by Crippen LogP contribution is -2.44. The Hall–Kier alpha value is -2.82. The third kappa shape index (κ3) is 4.89. The largest absolute Gasteiger partial charge is 0.416 e. The molecular formula is C25H22ClF3N4O2S. The lowest BCUT2D eigenvalue weighted by atomic mass is 9.90. The molecule has 2 heterocycles. The van der Waals surface area contributed by atoms with E-state index in [2.05, 4.69) is 5.10 Å². The molecule has 2 unspecified atom stereocenters. The number of nitrogens with two attached hydrogens (primary N) is 1. The van der Waals surface area contributed by atoms with E-state index in [0.717, 1.165) is 37.1 Å². The fraction of sp³-hybridized carbons (Fsp3) is 0.320. The number of aromatic nitrogens is 2. The first-order chi connectivity index (χ1) is 17.1. The summed E-state index contributed by atoms with van der Waals surface area (Å²) in [6.07, 6.45) is 1.83. The Kier molecular flexibility index (Phi) is 6.61. The van der Waals surface area contributed by atoms with Crippen LogP contribution in [0.1, 0.15) is 42.4 Å². The topological polar surface area (TPSA) is 81.2 Å². The number of amides is 2. The Morgan fingerprint density at radius 3 is 2.72 bits per heavy atom. The van der Waals surface area contributed by atoms with Gasteiger partial charge >= 0.3 is 6.18 Å². The fourth-order valence-electron chi connectivity index (χ4n) is 4.81. The SMILES string of the molecule is NC1CCCC(N2C(=O)S/C(=C\c3ccc4c(cnn4Cc4ccc(Cl)cc4C(F)(F)F)c3)C2=O)C1. The van der Waals surface area contributed by atoms with E-state index in [1.54, 1.807) is 30.5 Å². The molecule has 5 rings (SSSR count). The van der Waals surface area contributed by atoms with E-state index >= 15 is 0 Å². The van der Waals surface area contributed by atoms with E-state index in [4.69, 9.17) is 17.3 Å². The number of fused-ring (bicyclic) bond motifs is 1. The maximum Gasteiger partial charge on any atom is 0.416 e. The molecule has 0 spiro atoms. The Bertz CT molecular complexity index is 1390. The van der Waals surface area contributed by atoms with Gasteiger partial charge in [0.1, 0.15) is 0 Å². The monoisotopic (exact) mass is 534 g/mol. The minimum atomic E-state index is -4.54. The summed E-state index contributed by atoms with van der Waals surface area (Å²) in [4.78, 5) is 27.2. The third-order valence-electron chi connectivity index (χ3n) is 6.54. The first kappa shape index (κ1) is 24.9. The smallest absolute Gasteiger partial charge is 0.328 e. The van der Waals surface area contributed by atoms with Crippen LogP contribution in [0.5, 0.6) is 0 Å². The summed E-state index contributed by atoms with van der Waals surface area (Å²) in [7, 11) is 0. The molecule has 3 aromatic rings. The van der Waals surface area contributed by atoms with E-state index < -0.39 is 11.7 Å². The maximum absolute atomic E-state index is 13.5. The van der Waals surface area contributed by atoms with Crippen molar-refractivity contribution in [2.24, 2.45) is 5.73 Å². The number of nitrogens with zero attached hydrogens (tertiary/aromatic N) is 3. The highest BCUT2D eigenvalue weighted by atomic mass is 35.5. The predicted molar refractivity (Wildman–Crippen MR) is 133 cm³/mol. The van der Waals surface area contributed by atoms with Gasteiger partial charge < -0.3 is 5.73 Å². The highest BCUT2D eigenvalue weighted by Crippen LogP contribution is 2.37. The molecule has 1 saturated heterocycles. The van der Waals surface area contributed by atoms with Gasteiger partial charge in [-0.3, -0.25) is 19.2 Å². The molecular weight excluding hydrogens is 513 g/mol. The summed E-state index contributed by atoms with van der Waals surface area (Å²) in [5.41, 5.74) is 6.62. The molecule has 2 amide bonds. The van der Waals surface area contributed by atoms with Gasteiger partial charge in [0.25, 0.3) is 11.1 Å².